The van der Waals surface area contributed by atoms with Gasteiger partial charge < -0.3 is 0 Å². The SMILES string of the molecule is CCCc1cc(C(=O)NNC(=O)c2ccccc2Br)sc1C. The molecule has 6 heteroatoms. The number of hydrogen-bond acceptors (Lipinski definition) is 3. The molecule has 0 bridgehead atoms. The van der Waals surface area contributed by atoms with E-state index in [1.807, 2.05) is 19.1 Å². The fourth-order valence-corrected chi connectivity index (χ4v) is 3.47. The number of benzene rings is 1. The molecule has 1 heterocycles. The molecule has 0 saturated heterocycles. The summed E-state index contributed by atoms with van der Waals surface area (Å²) in [5, 5.41) is 0. The Labute approximate surface area is 142 Å². The van der Waals surface area contributed by atoms with Crippen molar-refractivity contribution in [2.45, 2.75) is 26.7 Å². The lowest BCUT2D eigenvalue weighted by Gasteiger charge is -2.07. The van der Waals surface area contributed by atoms with Crippen molar-refractivity contribution in [1.82, 2.24) is 10.9 Å². The maximum atomic E-state index is 12.1. The molecule has 22 heavy (non-hydrogen) atoms. The number of amides is 2. The number of hydrogen-bond donors (Lipinski definition) is 2. The van der Waals surface area contributed by atoms with Crippen molar-refractivity contribution in [3.8, 4) is 0 Å². The molecule has 0 radical (unpaired) electrons. The van der Waals surface area contributed by atoms with E-state index in [2.05, 4.69) is 33.7 Å². The third-order valence-electron chi connectivity index (χ3n) is 3.17. The quantitative estimate of drug-likeness (QED) is 0.791. The number of carbonyl (C=O) groups is 2. The number of aryl methyl sites for hydroxylation is 2. The van der Waals surface area contributed by atoms with E-state index in [0.29, 0.717) is 14.9 Å². The first kappa shape index (κ1) is 16.7. The third-order valence-corrected chi connectivity index (χ3v) is 4.95. The molecule has 4 nitrogen and oxygen atoms in total. The van der Waals surface area contributed by atoms with Gasteiger partial charge in [-0.1, -0.05) is 25.5 Å². The van der Waals surface area contributed by atoms with E-state index in [1.54, 1.807) is 18.2 Å². The average Bonchev–Trinajstić information content (AvgIpc) is 2.87. The second-order valence-corrected chi connectivity index (χ2v) is 6.94. The zero-order chi connectivity index (χ0) is 16.1. The molecule has 0 fully saturated rings. The second kappa shape index (κ2) is 7.56. The average molecular weight is 381 g/mol. The minimum Gasteiger partial charge on any atom is -0.267 e. The third kappa shape index (κ3) is 3.96. The zero-order valence-corrected chi connectivity index (χ0v) is 14.8. The van der Waals surface area contributed by atoms with Crippen LogP contribution in [0.3, 0.4) is 0 Å². The largest absolute Gasteiger partial charge is 0.279 e. The minimum absolute atomic E-state index is 0.296. The molecule has 0 aliphatic carbocycles. The summed E-state index contributed by atoms with van der Waals surface area (Å²) >= 11 is 4.75. The van der Waals surface area contributed by atoms with Gasteiger partial charge in [-0.2, -0.15) is 0 Å². The van der Waals surface area contributed by atoms with Gasteiger partial charge in [0.2, 0.25) is 0 Å². The van der Waals surface area contributed by atoms with Gasteiger partial charge >= 0.3 is 0 Å². The van der Waals surface area contributed by atoms with Crippen molar-refractivity contribution in [2.24, 2.45) is 0 Å². The van der Waals surface area contributed by atoms with Crippen LogP contribution in [-0.2, 0) is 6.42 Å². The van der Waals surface area contributed by atoms with Crippen LogP contribution in [0.5, 0.6) is 0 Å². The first-order valence-electron chi connectivity index (χ1n) is 6.97. The minimum atomic E-state index is -0.358. The molecule has 0 unspecified atom stereocenters. The first-order chi connectivity index (χ1) is 10.5. The maximum absolute atomic E-state index is 12.1. The van der Waals surface area contributed by atoms with E-state index in [-0.39, 0.29) is 11.8 Å². The van der Waals surface area contributed by atoms with Crippen LogP contribution < -0.4 is 10.9 Å². The molecule has 0 aliphatic rings. The Bertz CT molecular complexity index is 697. The van der Waals surface area contributed by atoms with Crippen molar-refractivity contribution in [3.63, 3.8) is 0 Å². The van der Waals surface area contributed by atoms with Gasteiger partial charge in [0.1, 0.15) is 0 Å². The van der Waals surface area contributed by atoms with Crippen molar-refractivity contribution >= 4 is 39.1 Å². The van der Waals surface area contributed by atoms with Crippen LogP contribution in [0.15, 0.2) is 34.8 Å². The summed E-state index contributed by atoms with van der Waals surface area (Å²) in [7, 11) is 0. The Morgan fingerprint density at radius 1 is 1.18 bits per heavy atom. The van der Waals surface area contributed by atoms with Crippen LogP contribution >= 0.6 is 27.3 Å². The standard InChI is InChI=1S/C16H17BrN2O2S/c1-3-6-11-9-14(22-10(11)2)16(21)19-18-15(20)12-7-4-5-8-13(12)17/h4-5,7-9H,3,6H2,1-2H3,(H,18,20)(H,19,21). The highest BCUT2D eigenvalue weighted by atomic mass is 79.9. The number of carbonyl (C=O) groups excluding carboxylic acids is 2. The van der Waals surface area contributed by atoms with Crippen molar-refractivity contribution in [3.05, 3.63) is 55.7 Å². The molecule has 2 N–H and O–H groups in total. The summed E-state index contributed by atoms with van der Waals surface area (Å²) < 4.78 is 0.680. The van der Waals surface area contributed by atoms with E-state index >= 15 is 0 Å². The second-order valence-electron chi connectivity index (χ2n) is 4.83. The van der Waals surface area contributed by atoms with Crippen LogP contribution in [0, 0.1) is 6.92 Å². The van der Waals surface area contributed by atoms with Gasteiger partial charge in [-0.3, -0.25) is 20.4 Å². The van der Waals surface area contributed by atoms with E-state index < -0.39 is 0 Å². The first-order valence-corrected chi connectivity index (χ1v) is 8.58. The van der Waals surface area contributed by atoms with Gasteiger partial charge in [-0.15, -0.1) is 11.3 Å². The van der Waals surface area contributed by atoms with Crippen LogP contribution in [0.4, 0.5) is 0 Å². The summed E-state index contributed by atoms with van der Waals surface area (Å²) in [6.07, 6.45) is 2.00. The Balaban J connectivity index is 1.99. The van der Waals surface area contributed by atoms with Gasteiger partial charge in [-0.25, -0.2) is 0 Å². The monoisotopic (exact) mass is 380 g/mol. The molecule has 2 rings (SSSR count). The van der Waals surface area contributed by atoms with E-state index in [4.69, 9.17) is 0 Å². The lowest BCUT2D eigenvalue weighted by molar-refractivity contribution is 0.0848. The van der Waals surface area contributed by atoms with Crippen LogP contribution in [0.2, 0.25) is 0 Å². The maximum Gasteiger partial charge on any atom is 0.279 e. The van der Waals surface area contributed by atoms with E-state index in [9.17, 15) is 9.59 Å². The van der Waals surface area contributed by atoms with Gasteiger partial charge in [-0.05, 0) is 53.0 Å². The van der Waals surface area contributed by atoms with Crippen molar-refractivity contribution in [1.29, 1.82) is 0 Å². The lowest BCUT2D eigenvalue weighted by Crippen LogP contribution is -2.41. The highest BCUT2D eigenvalue weighted by Crippen LogP contribution is 2.22. The molecule has 0 atom stereocenters. The normalized spacial score (nSPS) is 10.3. The Morgan fingerprint density at radius 2 is 1.86 bits per heavy atom. The summed E-state index contributed by atoms with van der Waals surface area (Å²) in [5.41, 5.74) is 6.55. The molecule has 2 amide bonds. The van der Waals surface area contributed by atoms with Gasteiger partial charge in [0.15, 0.2) is 0 Å². The number of rotatable bonds is 4. The number of halogens is 1. The number of hydrazine groups is 1. The molecule has 116 valence electrons. The molecule has 0 aliphatic heterocycles. The molecule has 2 aromatic rings. The van der Waals surface area contributed by atoms with E-state index in [1.165, 1.54) is 16.9 Å². The molecule has 0 spiro atoms. The highest BCUT2D eigenvalue weighted by Gasteiger charge is 2.14. The van der Waals surface area contributed by atoms with Gasteiger partial charge in [0, 0.05) is 9.35 Å². The Kier molecular flexibility index (Phi) is 5.74. The molecule has 0 saturated carbocycles. The fraction of sp³-hybridized carbons (Fsp3) is 0.250. The van der Waals surface area contributed by atoms with Gasteiger partial charge in [0.25, 0.3) is 11.8 Å². The summed E-state index contributed by atoms with van der Waals surface area (Å²) in [6, 6.07) is 8.93. The van der Waals surface area contributed by atoms with Crippen LogP contribution in [-0.4, -0.2) is 11.8 Å². The number of nitrogens with one attached hydrogen (secondary N) is 2. The molecule has 1 aromatic heterocycles. The topological polar surface area (TPSA) is 58.2 Å². The predicted octanol–water partition coefficient (Wildman–Crippen LogP) is 3.85. The van der Waals surface area contributed by atoms with E-state index in [0.717, 1.165) is 17.7 Å². The summed E-state index contributed by atoms with van der Waals surface area (Å²) in [6.45, 7) is 4.11. The molecule has 1 aromatic carbocycles. The molecular weight excluding hydrogens is 364 g/mol. The van der Waals surface area contributed by atoms with Crippen LogP contribution in [0.25, 0.3) is 0 Å². The molecular formula is C16H17BrN2O2S. The Morgan fingerprint density at radius 3 is 2.55 bits per heavy atom. The predicted molar refractivity (Wildman–Crippen MR) is 92.1 cm³/mol. The number of thiophene rings is 1. The van der Waals surface area contributed by atoms with Crippen LogP contribution in [0.1, 0.15) is 43.8 Å². The Hall–Kier alpha value is -1.66. The zero-order valence-electron chi connectivity index (χ0n) is 12.4. The smallest absolute Gasteiger partial charge is 0.267 e. The highest BCUT2D eigenvalue weighted by molar-refractivity contribution is 9.10. The summed E-state index contributed by atoms with van der Waals surface area (Å²) in [4.78, 5) is 25.9. The van der Waals surface area contributed by atoms with Gasteiger partial charge in [0.05, 0.1) is 10.4 Å². The summed E-state index contributed by atoms with van der Waals surface area (Å²) in [5.74, 6) is -0.654. The van der Waals surface area contributed by atoms with Crippen molar-refractivity contribution < 1.29 is 9.59 Å². The fourth-order valence-electron chi connectivity index (χ4n) is 2.04. The van der Waals surface area contributed by atoms with Crippen molar-refractivity contribution in [2.75, 3.05) is 0 Å². The lowest BCUT2D eigenvalue weighted by atomic mass is 10.1.